The Morgan fingerprint density at radius 2 is 2.03 bits per heavy atom. The van der Waals surface area contributed by atoms with E-state index in [9.17, 15) is 19.7 Å². The van der Waals surface area contributed by atoms with Crippen LogP contribution < -0.4 is 10.1 Å². The molecule has 13 heteroatoms. The lowest BCUT2D eigenvalue weighted by Crippen LogP contribution is -2.41. The number of benzene rings is 1. The summed E-state index contributed by atoms with van der Waals surface area (Å²) in [5, 5.41) is 17.8. The van der Waals surface area contributed by atoms with Crippen molar-refractivity contribution in [3.63, 3.8) is 0 Å². The van der Waals surface area contributed by atoms with E-state index in [1.54, 1.807) is 11.0 Å². The van der Waals surface area contributed by atoms with Crippen LogP contribution in [0.25, 0.3) is 0 Å². The third-order valence-electron chi connectivity index (χ3n) is 5.27. The largest absolute Gasteiger partial charge is 0.484 e. The predicted molar refractivity (Wildman–Crippen MR) is 124 cm³/mol. The van der Waals surface area contributed by atoms with Gasteiger partial charge in [0.1, 0.15) is 23.8 Å². The Morgan fingerprint density at radius 3 is 2.71 bits per heavy atom. The van der Waals surface area contributed by atoms with Gasteiger partial charge in [0.05, 0.1) is 35.0 Å². The van der Waals surface area contributed by atoms with E-state index in [0.717, 1.165) is 0 Å². The second-order valence-electron chi connectivity index (χ2n) is 7.51. The van der Waals surface area contributed by atoms with Crippen molar-refractivity contribution in [1.29, 1.82) is 0 Å². The van der Waals surface area contributed by atoms with Gasteiger partial charge in [-0.05, 0) is 25.1 Å². The Kier molecular flexibility index (Phi) is 7.32. The van der Waals surface area contributed by atoms with Crippen molar-refractivity contribution in [1.82, 2.24) is 14.7 Å². The zero-order valence-electron chi connectivity index (χ0n) is 18.7. The summed E-state index contributed by atoms with van der Waals surface area (Å²) < 4.78 is 17.9. The number of carbonyl (C=O) groups is 2. The molecule has 0 saturated carbocycles. The van der Waals surface area contributed by atoms with Crippen LogP contribution in [-0.4, -0.2) is 57.7 Å². The first-order valence-electron chi connectivity index (χ1n) is 10.8. The van der Waals surface area contributed by atoms with Crippen LogP contribution in [0.5, 0.6) is 5.75 Å². The van der Waals surface area contributed by atoms with Crippen LogP contribution in [0, 0.1) is 10.1 Å². The van der Waals surface area contributed by atoms with Crippen molar-refractivity contribution >= 4 is 34.8 Å². The van der Waals surface area contributed by atoms with Crippen LogP contribution in [0.3, 0.4) is 0 Å². The molecule has 1 aliphatic rings. The molecule has 0 spiro atoms. The number of hydrogen-bond acceptors (Lipinski definition) is 8. The number of amides is 2. The van der Waals surface area contributed by atoms with Gasteiger partial charge in [0.15, 0.2) is 5.76 Å². The van der Waals surface area contributed by atoms with Crippen LogP contribution in [0.1, 0.15) is 33.7 Å². The molecule has 1 fully saturated rings. The van der Waals surface area contributed by atoms with E-state index < -0.39 is 10.8 Å². The Bertz CT molecular complexity index is 1250. The number of ether oxygens (including phenoxy) is 2. The third kappa shape index (κ3) is 5.44. The quantitative estimate of drug-likeness (QED) is 0.364. The molecule has 184 valence electrons. The van der Waals surface area contributed by atoms with E-state index in [2.05, 4.69) is 10.4 Å². The topological polar surface area (TPSA) is 142 Å². The average molecular weight is 504 g/mol. The maximum absolute atomic E-state index is 13.1. The summed E-state index contributed by atoms with van der Waals surface area (Å²) in [6, 6.07) is 6.87. The van der Waals surface area contributed by atoms with E-state index in [0.29, 0.717) is 38.6 Å². The van der Waals surface area contributed by atoms with Gasteiger partial charge >= 0.3 is 0 Å². The molecular weight excluding hydrogens is 482 g/mol. The van der Waals surface area contributed by atoms with Crippen LogP contribution in [-0.2, 0) is 17.9 Å². The van der Waals surface area contributed by atoms with Gasteiger partial charge in [0, 0.05) is 31.8 Å². The fourth-order valence-corrected chi connectivity index (χ4v) is 3.72. The number of anilines is 1. The smallest absolute Gasteiger partial charge is 0.291 e. The molecule has 1 N–H and O–H groups in total. The highest BCUT2D eigenvalue weighted by molar-refractivity contribution is 6.32. The van der Waals surface area contributed by atoms with Crippen LogP contribution in [0.4, 0.5) is 11.4 Å². The highest BCUT2D eigenvalue weighted by Crippen LogP contribution is 2.29. The van der Waals surface area contributed by atoms with Gasteiger partial charge in [0.25, 0.3) is 17.5 Å². The number of furan rings is 1. The number of nitrogens with zero attached hydrogens (tertiary/aromatic N) is 4. The van der Waals surface area contributed by atoms with Crippen molar-refractivity contribution < 1.29 is 28.4 Å². The fourth-order valence-electron chi connectivity index (χ4n) is 3.49. The van der Waals surface area contributed by atoms with Gasteiger partial charge in [-0.15, -0.1) is 0 Å². The molecule has 3 aromatic rings. The minimum atomic E-state index is -0.559. The summed E-state index contributed by atoms with van der Waals surface area (Å²) in [6.07, 6.45) is 1.43. The molecule has 0 bridgehead atoms. The Hall–Kier alpha value is -3.90. The zero-order chi connectivity index (χ0) is 24.9. The molecule has 0 radical (unpaired) electrons. The molecule has 4 rings (SSSR count). The summed E-state index contributed by atoms with van der Waals surface area (Å²) in [5.41, 5.74) is 0.406. The van der Waals surface area contributed by atoms with Gasteiger partial charge in [-0.2, -0.15) is 5.10 Å². The van der Waals surface area contributed by atoms with Crippen molar-refractivity contribution in [3.8, 4) is 5.75 Å². The van der Waals surface area contributed by atoms with Crippen molar-refractivity contribution in [2.45, 2.75) is 20.1 Å². The van der Waals surface area contributed by atoms with Crippen LogP contribution >= 0.6 is 11.6 Å². The number of halogens is 1. The summed E-state index contributed by atoms with van der Waals surface area (Å²) >= 11 is 6.03. The first-order valence-corrected chi connectivity index (χ1v) is 11.1. The number of carbonyl (C=O) groups excluding carboxylic acids is 2. The van der Waals surface area contributed by atoms with Gasteiger partial charge in [-0.25, -0.2) is 0 Å². The highest BCUT2D eigenvalue weighted by Gasteiger charge is 2.26. The number of rotatable bonds is 8. The van der Waals surface area contributed by atoms with E-state index >= 15 is 0 Å². The average Bonchev–Trinajstić information content (AvgIpc) is 3.50. The third-order valence-corrected chi connectivity index (χ3v) is 5.57. The minimum absolute atomic E-state index is 0.00687. The van der Waals surface area contributed by atoms with Gasteiger partial charge in [0.2, 0.25) is 0 Å². The summed E-state index contributed by atoms with van der Waals surface area (Å²) in [4.78, 5) is 37.8. The summed E-state index contributed by atoms with van der Waals surface area (Å²) in [7, 11) is 0. The standard InChI is InChI=1S/C22H22ClN5O7/c1-2-27-20(22(30)26-7-9-33-10-8-26)17(12-24-27)25-21(29)19-6-4-15(35-19)13-34-18-5-3-14(28(31)32)11-16(18)23/h3-6,11-12H,2,7-10,13H2,1H3,(H,25,29). The highest BCUT2D eigenvalue weighted by atomic mass is 35.5. The molecule has 35 heavy (non-hydrogen) atoms. The lowest BCUT2D eigenvalue weighted by atomic mass is 10.2. The summed E-state index contributed by atoms with van der Waals surface area (Å²) in [5.74, 6) is -0.225. The molecule has 1 aromatic carbocycles. The molecule has 12 nitrogen and oxygen atoms in total. The molecular formula is C22H22ClN5O7. The fraction of sp³-hybridized carbons (Fsp3) is 0.318. The number of nitro groups is 1. The van der Waals surface area contributed by atoms with Crippen LogP contribution in [0.15, 0.2) is 40.9 Å². The van der Waals surface area contributed by atoms with E-state index in [1.165, 1.54) is 35.1 Å². The maximum atomic E-state index is 13.1. The van der Waals surface area contributed by atoms with Crippen LogP contribution in [0.2, 0.25) is 5.02 Å². The van der Waals surface area contributed by atoms with E-state index in [4.69, 9.17) is 25.5 Å². The first-order chi connectivity index (χ1) is 16.9. The molecule has 1 saturated heterocycles. The molecule has 0 unspecified atom stereocenters. The number of hydrogen-bond donors (Lipinski definition) is 1. The molecule has 3 heterocycles. The zero-order valence-corrected chi connectivity index (χ0v) is 19.5. The number of nitro benzene ring substituents is 1. The predicted octanol–water partition coefficient (Wildman–Crippen LogP) is 3.36. The maximum Gasteiger partial charge on any atom is 0.291 e. The first kappa shape index (κ1) is 24.2. The lowest BCUT2D eigenvalue weighted by Gasteiger charge is -2.27. The number of aryl methyl sites for hydroxylation is 1. The van der Waals surface area contributed by atoms with E-state index in [-0.39, 0.29) is 46.1 Å². The monoisotopic (exact) mass is 503 g/mol. The Labute approximate surface area is 204 Å². The van der Waals surface area contributed by atoms with Gasteiger partial charge in [-0.3, -0.25) is 24.4 Å². The number of non-ortho nitro benzene ring substituents is 1. The second kappa shape index (κ2) is 10.6. The SMILES string of the molecule is CCn1ncc(NC(=O)c2ccc(COc3ccc([N+](=O)[O-])cc3Cl)o2)c1C(=O)N1CCOCC1. The molecule has 2 amide bonds. The Balaban J connectivity index is 1.43. The molecule has 1 aliphatic heterocycles. The number of nitrogens with one attached hydrogen (secondary N) is 1. The van der Waals surface area contributed by atoms with Gasteiger partial charge in [-0.1, -0.05) is 11.6 Å². The van der Waals surface area contributed by atoms with E-state index in [1.807, 2.05) is 6.92 Å². The summed E-state index contributed by atoms with van der Waals surface area (Å²) in [6.45, 7) is 4.08. The normalized spacial score (nSPS) is 13.5. The Morgan fingerprint density at radius 1 is 1.26 bits per heavy atom. The lowest BCUT2D eigenvalue weighted by molar-refractivity contribution is -0.384. The number of morpholine rings is 1. The molecule has 0 aliphatic carbocycles. The minimum Gasteiger partial charge on any atom is -0.484 e. The van der Waals surface area contributed by atoms with Crippen molar-refractivity contribution in [3.05, 3.63) is 68.9 Å². The number of aromatic nitrogens is 2. The van der Waals surface area contributed by atoms with Crippen molar-refractivity contribution in [2.75, 3.05) is 31.6 Å². The van der Waals surface area contributed by atoms with Crippen molar-refractivity contribution in [2.24, 2.45) is 0 Å². The van der Waals surface area contributed by atoms with Gasteiger partial charge < -0.3 is 24.1 Å². The molecule has 0 atom stereocenters. The molecule has 2 aromatic heterocycles. The second-order valence-corrected chi connectivity index (χ2v) is 7.91.